The standard InChI is InChI=1S/C20H19ClF2N2O4S/c21-15-9-7-13(8-10-15)19(27)25-11-3-4-14(12-25)18(26)24-16-5-1-2-6-17(16)30(28,29)20(22)23/h1-2,5-10,14,20H,3-4,11-12H2,(H,24,26). The molecule has 0 aliphatic carbocycles. The summed E-state index contributed by atoms with van der Waals surface area (Å²) in [5.74, 6) is -4.97. The number of hydrogen-bond donors (Lipinski definition) is 1. The maximum absolute atomic E-state index is 12.9. The number of carbonyl (C=O) groups excluding carboxylic acids is 2. The van der Waals surface area contributed by atoms with Crippen molar-refractivity contribution in [3.63, 3.8) is 0 Å². The molecular weight excluding hydrogens is 438 g/mol. The highest BCUT2D eigenvalue weighted by Crippen LogP contribution is 2.28. The van der Waals surface area contributed by atoms with Gasteiger partial charge in [0, 0.05) is 23.7 Å². The monoisotopic (exact) mass is 456 g/mol. The van der Waals surface area contributed by atoms with Crippen molar-refractivity contribution in [3.05, 3.63) is 59.1 Å². The maximum Gasteiger partial charge on any atom is 0.341 e. The van der Waals surface area contributed by atoms with Gasteiger partial charge in [0.25, 0.3) is 5.91 Å². The van der Waals surface area contributed by atoms with Gasteiger partial charge in [0.2, 0.25) is 15.7 Å². The van der Waals surface area contributed by atoms with Gasteiger partial charge in [-0.15, -0.1) is 0 Å². The Morgan fingerprint density at radius 1 is 1.10 bits per heavy atom. The van der Waals surface area contributed by atoms with Crippen molar-refractivity contribution in [2.45, 2.75) is 23.5 Å². The molecule has 0 radical (unpaired) electrons. The van der Waals surface area contributed by atoms with Crippen LogP contribution in [0.1, 0.15) is 23.2 Å². The summed E-state index contributed by atoms with van der Waals surface area (Å²) in [5.41, 5.74) is 0.234. The number of nitrogens with zero attached hydrogens (tertiary/aromatic N) is 1. The molecule has 10 heteroatoms. The quantitative estimate of drug-likeness (QED) is 0.741. The Bertz CT molecular complexity index is 1050. The van der Waals surface area contributed by atoms with E-state index in [0.717, 1.165) is 6.07 Å². The molecule has 1 fully saturated rings. The summed E-state index contributed by atoms with van der Waals surface area (Å²) in [6.07, 6.45) is 1.06. The topological polar surface area (TPSA) is 83.6 Å². The highest BCUT2D eigenvalue weighted by molar-refractivity contribution is 7.91. The van der Waals surface area contributed by atoms with Gasteiger partial charge >= 0.3 is 5.76 Å². The summed E-state index contributed by atoms with van der Waals surface area (Å²) < 4.78 is 49.6. The van der Waals surface area contributed by atoms with Crippen LogP contribution in [0.2, 0.25) is 5.02 Å². The number of nitrogens with one attached hydrogen (secondary N) is 1. The first-order chi connectivity index (χ1) is 14.2. The van der Waals surface area contributed by atoms with Gasteiger partial charge in [0.15, 0.2) is 0 Å². The lowest BCUT2D eigenvalue weighted by Crippen LogP contribution is -2.43. The van der Waals surface area contributed by atoms with Crippen LogP contribution in [0.25, 0.3) is 0 Å². The molecule has 160 valence electrons. The number of rotatable bonds is 5. The average molecular weight is 457 g/mol. The van der Waals surface area contributed by atoms with Crippen molar-refractivity contribution < 1.29 is 26.8 Å². The lowest BCUT2D eigenvalue weighted by molar-refractivity contribution is -0.121. The van der Waals surface area contributed by atoms with E-state index in [4.69, 9.17) is 11.6 Å². The third kappa shape index (κ3) is 4.79. The van der Waals surface area contributed by atoms with Gasteiger partial charge in [-0.2, -0.15) is 8.78 Å². The number of amides is 2. The number of sulfone groups is 1. The number of para-hydroxylation sites is 1. The highest BCUT2D eigenvalue weighted by atomic mass is 35.5. The van der Waals surface area contributed by atoms with Crippen molar-refractivity contribution in [3.8, 4) is 0 Å². The van der Waals surface area contributed by atoms with Crippen molar-refractivity contribution in [1.29, 1.82) is 0 Å². The predicted molar refractivity (Wildman–Crippen MR) is 108 cm³/mol. The molecule has 0 saturated carbocycles. The van der Waals surface area contributed by atoms with Crippen LogP contribution in [-0.4, -0.2) is 44.0 Å². The fourth-order valence-electron chi connectivity index (χ4n) is 3.30. The molecular formula is C20H19ClF2N2O4S. The molecule has 1 atom stereocenters. The smallest absolute Gasteiger partial charge is 0.338 e. The number of likely N-dealkylation sites (tertiary alicyclic amines) is 1. The van der Waals surface area contributed by atoms with Crippen LogP contribution in [0.15, 0.2) is 53.4 Å². The molecule has 2 amide bonds. The predicted octanol–water partition coefficient (Wildman–Crippen LogP) is 3.83. The van der Waals surface area contributed by atoms with E-state index >= 15 is 0 Å². The number of halogens is 3. The van der Waals surface area contributed by atoms with Crippen LogP contribution in [0.3, 0.4) is 0 Å². The minimum atomic E-state index is -4.87. The molecule has 6 nitrogen and oxygen atoms in total. The van der Waals surface area contributed by atoms with Crippen molar-refractivity contribution in [2.75, 3.05) is 18.4 Å². The molecule has 1 aliphatic rings. The number of benzene rings is 2. The van der Waals surface area contributed by atoms with Gasteiger partial charge < -0.3 is 10.2 Å². The van der Waals surface area contributed by atoms with Crippen LogP contribution < -0.4 is 5.32 Å². The molecule has 0 spiro atoms. The van der Waals surface area contributed by atoms with Gasteiger partial charge in [-0.3, -0.25) is 9.59 Å². The van der Waals surface area contributed by atoms with Gasteiger partial charge in [0.05, 0.1) is 16.5 Å². The molecule has 1 unspecified atom stereocenters. The Kier molecular flexibility index (Phi) is 6.72. The fourth-order valence-corrected chi connectivity index (χ4v) is 4.31. The Balaban J connectivity index is 1.74. The summed E-state index contributed by atoms with van der Waals surface area (Å²) in [6, 6.07) is 11.4. The third-order valence-corrected chi connectivity index (χ3v) is 6.55. The second-order valence-electron chi connectivity index (χ2n) is 6.89. The van der Waals surface area contributed by atoms with Gasteiger partial charge in [-0.05, 0) is 49.2 Å². The zero-order valence-electron chi connectivity index (χ0n) is 15.7. The van der Waals surface area contributed by atoms with Crippen molar-refractivity contribution >= 4 is 38.9 Å². The second kappa shape index (κ2) is 9.09. The molecule has 0 bridgehead atoms. The molecule has 0 aromatic heterocycles. The molecule has 1 N–H and O–H groups in total. The molecule has 30 heavy (non-hydrogen) atoms. The van der Waals surface area contributed by atoms with Crippen LogP contribution in [0.5, 0.6) is 0 Å². The van der Waals surface area contributed by atoms with Gasteiger partial charge in [0.1, 0.15) is 0 Å². The van der Waals surface area contributed by atoms with Crippen LogP contribution in [0, 0.1) is 5.92 Å². The second-order valence-corrected chi connectivity index (χ2v) is 9.21. The summed E-state index contributed by atoms with van der Waals surface area (Å²) in [5, 5.41) is 2.94. The number of alkyl halides is 2. The zero-order chi connectivity index (χ0) is 21.9. The molecule has 1 aliphatic heterocycles. The summed E-state index contributed by atoms with van der Waals surface area (Å²) in [7, 11) is -4.87. The summed E-state index contributed by atoms with van der Waals surface area (Å²) in [4.78, 5) is 26.3. The van der Waals surface area contributed by atoms with Crippen molar-refractivity contribution in [2.24, 2.45) is 5.92 Å². The van der Waals surface area contributed by atoms with E-state index in [1.807, 2.05) is 0 Å². The first-order valence-corrected chi connectivity index (χ1v) is 11.1. The zero-order valence-corrected chi connectivity index (χ0v) is 17.3. The van der Waals surface area contributed by atoms with E-state index in [1.165, 1.54) is 18.2 Å². The average Bonchev–Trinajstić information content (AvgIpc) is 2.74. The van der Waals surface area contributed by atoms with E-state index in [2.05, 4.69) is 5.32 Å². The first-order valence-electron chi connectivity index (χ1n) is 9.17. The highest BCUT2D eigenvalue weighted by Gasteiger charge is 2.32. The van der Waals surface area contributed by atoms with E-state index in [1.54, 1.807) is 29.2 Å². The Morgan fingerprint density at radius 3 is 2.43 bits per heavy atom. The summed E-state index contributed by atoms with van der Waals surface area (Å²) in [6.45, 7) is 0.610. The van der Waals surface area contributed by atoms with Gasteiger partial charge in [-0.1, -0.05) is 23.7 Å². The summed E-state index contributed by atoms with van der Waals surface area (Å²) >= 11 is 5.84. The van der Waals surface area contributed by atoms with Crippen molar-refractivity contribution in [1.82, 2.24) is 4.90 Å². The fraction of sp³-hybridized carbons (Fsp3) is 0.300. The van der Waals surface area contributed by atoms with Gasteiger partial charge in [-0.25, -0.2) is 8.42 Å². The molecule has 2 aromatic carbocycles. The normalized spacial score (nSPS) is 17.1. The third-order valence-electron chi connectivity index (χ3n) is 4.86. The minimum absolute atomic E-state index is 0.136. The van der Waals surface area contributed by atoms with E-state index in [-0.39, 0.29) is 18.1 Å². The Morgan fingerprint density at radius 2 is 1.77 bits per heavy atom. The molecule has 3 rings (SSSR count). The Labute approximate surface area is 177 Å². The SMILES string of the molecule is O=C(Nc1ccccc1S(=O)(=O)C(F)F)C1CCCN(C(=O)c2ccc(Cl)cc2)C1. The Hall–Kier alpha value is -2.52. The number of hydrogen-bond acceptors (Lipinski definition) is 4. The van der Waals surface area contributed by atoms with E-state index < -0.39 is 32.3 Å². The minimum Gasteiger partial charge on any atom is -0.338 e. The number of anilines is 1. The van der Waals surface area contributed by atoms with Crippen LogP contribution in [0.4, 0.5) is 14.5 Å². The lowest BCUT2D eigenvalue weighted by Gasteiger charge is -2.32. The largest absolute Gasteiger partial charge is 0.341 e. The van der Waals surface area contributed by atoms with E-state index in [9.17, 15) is 26.8 Å². The first kappa shape index (κ1) is 22.2. The van der Waals surface area contributed by atoms with Crippen LogP contribution in [-0.2, 0) is 14.6 Å². The van der Waals surface area contributed by atoms with E-state index in [0.29, 0.717) is 30.0 Å². The number of carbonyl (C=O) groups is 2. The maximum atomic E-state index is 12.9. The molecule has 1 heterocycles. The molecule has 1 saturated heterocycles. The molecule has 2 aromatic rings. The lowest BCUT2D eigenvalue weighted by atomic mass is 9.96. The number of piperidine rings is 1. The van der Waals surface area contributed by atoms with Crippen LogP contribution >= 0.6 is 11.6 Å².